The van der Waals surface area contributed by atoms with Gasteiger partial charge in [-0.2, -0.15) is 0 Å². The first kappa shape index (κ1) is 23.1. The van der Waals surface area contributed by atoms with Crippen LogP contribution in [0.1, 0.15) is 31.9 Å². The van der Waals surface area contributed by atoms with Gasteiger partial charge in [-0.3, -0.25) is 4.90 Å². The molecule has 0 aromatic heterocycles. The number of carbonyl (C=O) groups is 1. The first-order valence-electron chi connectivity index (χ1n) is 11.0. The average Bonchev–Trinajstić information content (AvgIpc) is 2.74. The predicted molar refractivity (Wildman–Crippen MR) is 126 cm³/mol. The molecule has 0 bridgehead atoms. The summed E-state index contributed by atoms with van der Waals surface area (Å²) in [6.07, 6.45) is 0. The standard InChI is InChI=1S/C25H36N4O2/c1-25(2,3)19-29-15-13-28(14-16-29)18-21-5-9-22(10-6-21)27-24(30)26-17-20-7-11-23(31-4)12-8-20/h5-12H,13-19H2,1-4H3,(H2,26,27,30). The van der Waals surface area contributed by atoms with Gasteiger partial charge in [0.2, 0.25) is 0 Å². The van der Waals surface area contributed by atoms with Crippen LogP contribution in [0.2, 0.25) is 0 Å². The number of hydrogen-bond acceptors (Lipinski definition) is 4. The Kier molecular flexibility index (Phi) is 7.93. The first-order valence-corrected chi connectivity index (χ1v) is 11.0. The predicted octanol–water partition coefficient (Wildman–Crippen LogP) is 4.18. The van der Waals surface area contributed by atoms with Crippen molar-refractivity contribution in [2.24, 2.45) is 5.41 Å². The van der Waals surface area contributed by atoms with Crippen molar-refractivity contribution in [2.45, 2.75) is 33.9 Å². The molecule has 0 saturated carbocycles. The Hall–Kier alpha value is -2.57. The average molecular weight is 425 g/mol. The minimum Gasteiger partial charge on any atom is -0.497 e. The molecule has 1 aliphatic heterocycles. The lowest BCUT2D eigenvalue weighted by Crippen LogP contribution is -2.48. The zero-order valence-corrected chi connectivity index (χ0v) is 19.3. The third kappa shape index (κ3) is 7.89. The molecule has 3 rings (SSSR count). The van der Waals surface area contributed by atoms with E-state index in [9.17, 15) is 4.79 Å². The third-order valence-corrected chi connectivity index (χ3v) is 5.39. The number of amides is 2. The molecule has 0 spiro atoms. The van der Waals surface area contributed by atoms with Gasteiger partial charge in [0.25, 0.3) is 0 Å². The largest absolute Gasteiger partial charge is 0.497 e. The highest BCUT2D eigenvalue weighted by Gasteiger charge is 2.21. The van der Waals surface area contributed by atoms with Crippen molar-refractivity contribution in [3.05, 3.63) is 59.7 Å². The van der Waals surface area contributed by atoms with Gasteiger partial charge in [-0.05, 0) is 40.8 Å². The summed E-state index contributed by atoms with van der Waals surface area (Å²) in [5.74, 6) is 0.806. The van der Waals surface area contributed by atoms with Crippen molar-refractivity contribution >= 4 is 11.7 Å². The summed E-state index contributed by atoms with van der Waals surface area (Å²) in [5.41, 5.74) is 3.44. The van der Waals surface area contributed by atoms with Gasteiger partial charge in [-0.15, -0.1) is 0 Å². The van der Waals surface area contributed by atoms with Gasteiger partial charge in [-0.25, -0.2) is 4.79 Å². The normalized spacial score (nSPS) is 15.5. The van der Waals surface area contributed by atoms with Gasteiger partial charge in [0.1, 0.15) is 5.75 Å². The Morgan fingerprint density at radius 1 is 0.903 bits per heavy atom. The second-order valence-electron chi connectivity index (χ2n) is 9.47. The molecule has 1 saturated heterocycles. The summed E-state index contributed by atoms with van der Waals surface area (Å²) in [7, 11) is 1.64. The summed E-state index contributed by atoms with van der Waals surface area (Å²) in [4.78, 5) is 17.2. The number of piperazine rings is 1. The Balaban J connectivity index is 1.40. The van der Waals surface area contributed by atoms with Crippen LogP contribution >= 0.6 is 0 Å². The number of anilines is 1. The van der Waals surface area contributed by atoms with Gasteiger partial charge in [0.15, 0.2) is 0 Å². The molecular formula is C25H36N4O2. The monoisotopic (exact) mass is 424 g/mol. The second kappa shape index (κ2) is 10.6. The summed E-state index contributed by atoms with van der Waals surface area (Å²) in [6, 6.07) is 15.6. The van der Waals surface area contributed by atoms with Gasteiger partial charge in [-0.1, -0.05) is 45.0 Å². The van der Waals surface area contributed by atoms with E-state index in [-0.39, 0.29) is 6.03 Å². The van der Waals surface area contributed by atoms with Crippen molar-refractivity contribution < 1.29 is 9.53 Å². The SMILES string of the molecule is COc1ccc(CNC(=O)Nc2ccc(CN3CCN(CC(C)(C)C)CC3)cc2)cc1. The lowest BCUT2D eigenvalue weighted by atomic mass is 9.96. The minimum absolute atomic E-state index is 0.210. The van der Waals surface area contributed by atoms with Gasteiger partial charge in [0, 0.05) is 51.5 Å². The lowest BCUT2D eigenvalue weighted by Gasteiger charge is -2.37. The van der Waals surface area contributed by atoms with E-state index in [1.165, 1.54) is 5.56 Å². The van der Waals surface area contributed by atoms with E-state index in [1.807, 2.05) is 36.4 Å². The van der Waals surface area contributed by atoms with Crippen LogP contribution in [0.3, 0.4) is 0 Å². The quantitative estimate of drug-likeness (QED) is 0.700. The maximum Gasteiger partial charge on any atom is 0.319 e. The zero-order chi connectivity index (χ0) is 22.3. The summed E-state index contributed by atoms with van der Waals surface area (Å²) >= 11 is 0. The van der Waals surface area contributed by atoms with Crippen molar-refractivity contribution in [3.8, 4) is 5.75 Å². The van der Waals surface area contributed by atoms with E-state index >= 15 is 0 Å². The zero-order valence-electron chi connectivity index (χ0n) is 19.3. The molecule has 168 valence electrons. The minimum atomic E-state index is -0.210. The topological polar surface area (TPSA) is 56.8 Å². The molecule has 2 aromatic rings. The van der Waals surface area contributed by atoms with Crippen LogP contribution in [0.25, 0.3) is 0 Å². The van der Waals surface area contributed by atoms with Crippen LogP contribution < -0.4 is 15.4 Å². The van der Waals surface area contributed by atoms with E-state index in [0.29, 0.717) is 12.0 Å². The van der Waals surface area contributed by atoms with Crippen LogP contribution in [-0.2, 0) is 13.1 Å². The molecule has 1 aliphatic rings. The molecule has 31 heavy (non-hydrogen) atoms. The van der Waals surface area contributed by atoms with Gasteiger partial charge >= 0.3 is 6.03 Å². The summed E-state index contributed by atoms with van der Waals surface area (Å²) < 4.78 is 5.15. The number of rotatable bonds is 7. The van der Waals surface area contributed by atoms with Gasteiger partial charge < -0.3 is 20.3 Å². The number of methoxy groups -OCH3 is 1. The van der Waals surface area contributed by atoms with Crippen LogP contribution in [0.5, 0.6) is 5.75 Å². The number of hydrogen-bond donors (Lipinski definition) is 2. The van der Waals surface area contributed by atoms with Crippen molar-refractivity contribution in [1.82, 2.24) is 15.1 Å². The maximum absolute atomic E-state index is 12.2. The molecule has 2 N–H and O–H groups in total. The van der Waals surface area contributed by atoms with E-state index in [0.717, 1.165) is 56.3 Å². The van der Waals surface area contributed by atoms with Crippen LogP contribution in [0.15, 0.2) is 48.5 Å². The molecule has 0 unspecified atom stereocenters. The van der Waals surface area contributed by atoms with Crippen molar-refractivity contribution in [2.75, 3.05) is 45.2 Å². The van der Waals surface area contributed by atoms with Gasteiger partial charge in [0.05, 0.1) is 7.11 Å². The summed E-state index contributed by atoms with van der Waals surface area (Å²) in [5, 5.41) is 5.78. The molecule has 0 aliphatic carbocycles. The summed E-state index contributed by atoms with van der Waals surface area (Å²) in [6.45, 7) is 13.9. The Bertz CT molecular complexity index is 820. The van der Waals surface area contributed by atoms with E-state index in [1.54, 1.807) is 7.11 Å². The fourth-order valence-corrected chi connectivity index (χ4v) is 3.83. The fraction of sp³-hybridized carbons (Fsp3) is 0.480. The highest BCUT2D eigenvalue weighted by molar-refractivity contribution is 5.89. The van der Waals surface area contributed by atoms with E-state index < -0.39 is 0 Å². The Morgan fingerprint density at radius 2 is 1.48 bits per heavy atom. The highest BCUT2D eigenvalue weighted by atomic mass is 16.5. The Labute approximate surface area is 186 Å². The van der Waals surface area contributed by atoms with Crippen LogP contribution in [0.4, 0.5) is 10.5 Å². The van der Waals surface area contributed by atoms with Crippen molar-refractivity contribution in [1.29, 1.82) is 0 Å². The number of nitrogens with one attached hydrogen (secondary N) is 2. The molecule has 1 heterocycles. The number of urea groups is 1. The molecule has 6 nitrogen and oxygen atoms in total. The molecule has 6 heteroatoms. The molecule has 0 radical (unpaired) electrons. The maximum atomic E-state index is 12.2. The number of ether oxygens (including phenoxy) is 1. The Morgan fingerprint density at radius 3 is 2.06 bits per heavy atom. The molecule has 1 fully saturated rings. The number of carbonyl (C=O) groups excluding carboxylic acids is 1. The van der Waals surface area contributed by atoms with Crippen LogP contribution in [-0.4, -0.2) is 55.7 Å². The lowest BCUT2D eigenvalue weighted by molar-refractivity contribution is 0.0983. The second-order valence-corrected chi connectivity index (χ2v) is 9.47. The molecule has 0 atom stereocenters. The smallest absolute Gasteiger partial charge is 0.319 e. The first-order chi connectivity index (χ1) is 14.8. The van der Waals surface area contributed by atoms with Crippen LogP contribution in [0, 0.1) is 5.41 Å². The fourth-order valence-electron chi connectivity index (χ4n) is 3.83. The molecule has 2 aromatic carbocycles. The number of benzene rings is 2. The van der Waals surface area contributed by atoms with E-state index in [2.05, 4.69) is 53.3 Å². The highest BCUT2D eigenvalue weighted by Crippen LogP contribution is 2.18. The molecule has 2 amide bonds. The number of nitrogens with zero attached hydrogens (tertiary/aromatic N) is 2. The van der Waals surface area contributed by atoms with E-state index in [4.69, 9.17) is 4.74 Å². The van der Waals surface area contributed by atoms with Crippen molar-refractivity contribution in [3.63, 3.8) is 0 Å². The third-order valence-electron chi connectivity index (χ3n) is 5.39. The molecular weight excluding hydrogens is 388 g/mol.